The summed E-state index contributed by atoms with van der Waals surface area (Å²) < 4.78 is 6.08. The summed E-state index contributed by atoms with van der Waals surface area (Å²) in [6.07, 6.45) is 3.10. The van der Waals surface area contributed by atoms with Gasteiger partial charge in [-0.15, -0.1) is 0 Å². The van der Waals surface area contributed by atoms with Crippen LogP contribution in [0.2, 0.25) is 0 Å². The first-order valence-corrected chi connectivity index (χ1v) is 10.4. The molecule has 0 atom stereocenters. The molecule has 0 saturated carbocycles. The van der Waals surface area contributed by atoms with E-state index in [2.05, 4.69) is 83.7 Å². The molecule has 152 valence electrons. The lowest BCUT2D eigenvalue weighted by molar-refractivity contribution is 0.134. The summed E-state index contributed by atoms with van der Waals surface area (Å²) in [6.45, 7) is 1.17. The fraction of sp³-hybridized carbons (Fsp3) is 0.185. The molecule has 0 unspecified atom stereocenters. The maximum absolute atomic E-state index is 6.08. The lowest BCUT2D eigenvalue weighted by Gasteiger charge is -2.10. The third-order valence-electron chi connectivity index (χ3n) is 5.32. The molecule has 4 rings (SSSR count). The molecule has 0 aromatic heterocycles. The van der Waals surface area contributed by atoms with Crippen LogP contribution in [0.3, 0.4) is 0 Å². The average Bonchev–Trinajstić information content (AvgIpc) is 2.81. The predicted octanol–water partition coefficient (Wildman–Crippen LogP) is 6.30. The normalized spacial score (nSPS) is 11.0. The van der Waals surface area contributed by atoms with Gasteiger partial charge < -0.3 is 9.57 Å². The van der Waals surface area contributed by atoms with Crippen molar-refractivity contribution in [2.75, 3.05) is 6.61 Å². The highest BCUT2D eigenvalue weighted by atomic mass is 16.6. The molecule has 30 heavy (non-hydrogen) atoms. The van der Waals surface area contributed by atoms with Gasteiger partial charge >= 0.3 is 0 Å². The van der Waals surface area contributed by atoms with Gasteiger partial charge in [-0.25, -0.2) is 5.90 Å². The number of fused-ring (bicyclic) bond motifs is 1. The van der Waals surface area contributed by atoms with E-state index in [0.29, 0.717) is 13.2 Å². The molecule has 0 bridgehead atoms. The van der Waals surface area contributed by atoms with Gasteiger partial charge in [0.25, 0.3) is 0 Å². The zero-order valence-corrected chi connectivity index (χ0v) is 17.1. The first-order chi connectivity index (χ1) is 14.8. The predicted molar refractivity (Wildman–Crippen MR) is 123 cm³/mol. The van der Waals surface area contributed by atoms with Crippen molar-refractivity contribution in [3.05, 3.63) is 102 Å². The van der Waals surface area contributed by atoms with Gasteiger partial charge in [-0.3, -0.25) is 0 Å². The van der Waals surface area contributed by atoms with Crippen LogP contribution < -0.4 is 10.6 Å². The van der Waals surface area contributed by atoms with E-state index in [1.54, 1.807) is 0 Å². The molecule has 3 nitrogen and oxygen atoms in total. The smallest absolute Gasteiger partial charge is 0.120 e. The molecule has 0 amide bonds. The van der Waals surface area contributed by atoms with Gasteiger partial charge in [0.15, 0.2) is 0 Å². The van der Waals surface area contributed by atoms with Crippen molar-refractivity contribution in [2.24, 2.45) is 5.90 Å². The first-order valence-electron chi connectivity index (χ1n) is 10.4. The second-order valence-electron chi connectivity index (χ2n) is 7.52. The van der Waals surface area contributed by atoms with E-state index in [-0.39, 0.29) is 0 Å². The summed E-state index contributed by atoms with van der Waals surface area (Å²) in [5.74, 6) is 5.95. The molecule has 0 aliphatic rings. The minimum atomic E-state index is 0.555. The van der Waals surface area contributed by atoms with Gasteiger partial charge in [0.1, 0.15) is 12.4 Å². The number of nitrogens with two attached hydrogens (primary N) is 1. The summed E-state index contributed by atoms with van der Waals surface area (Å²) in [4.78, 5) is 4.62. The Hall–Kier alpha value is -3.14. The van der Waals surface area contributed by atoms with Crippen molar-refractivity contribution in [3.8, 4) is 16.9 Å². The van der Waals surface area contributed by atoms with Gasteiger partial charge in [0, 0.05) is 0 Å². The van der Waals surface area contributed by atoms with E-state index in [9.17, 15) is 0 Å². The van der Waals surface area contributed by atoms with Crippen molar-refractivity contribution in [1.82, 2.24) is 0 Å². The number of aryl methyl sites for hydroxylation is 1. The lowest BCUT2D eigenvalue weighted by atomic mass is 10.0. The fourth-order valence-corrected chi connectivity index (χ4v) is 3.64. The van der Waals surface area contributed by atoms with Crippen LogP contribution in [-0.2, 0) is 17.9 Å². The molecular formula is C27H27NO2. The molecule has 0 spiro atoms. The second-order valence-corrected chi connectivity index (χ2v) is 7.52. The van der Waals surface area contributed by atoms with Gasteiger partial charge in [-0.2, -0.15) is 0 Å². The van der Waals surface area contributed by atoms with Crippen molar-refractivity contribution in [1.29, 1.82) is 0 Å². The van der Waals surface area contributed by atoms with E-state index in [4.69, 9.17) is 10.6 Å². The van der Waals surface area contributed by atoms with Crippen molar-refractivity contribution in [2.45, 2.75) is 25.9 Å². The number of ether oxygens (including phenoxy) is 1. The van der Waals surface area contributed by atoms with Gasteiger partial charge in [0.2, 0.25) is 0 Å². The topological polar surface area (TPSA) is 44.5 Å². The summed E-state index contributed by atoms with van der Waals surface area (Å²) in [6, 6.07) is 31.9. The molecule has 0 saturated heterocycles. The highest BCUT2D eigenvalue weighted by Crippen LogP contribution is 2.25. The molecule has 0 aliphatic carbocycles. The molecule has 0 fully saturated rings. The zero-order valence-electron chi connectivity index (χ0n) is 17.1. The van der Waals surface area contributed by atoms with Crippen LogP contribution in [-0.4, -0.2) is 6.61 Å². The van der Waals surface area contributed by atoms with Crippen LogP contribution in [0.4, 0.5) is 0 Å². The Balaban J connectivity index is 1.39. The summed E-state index contributed by atoms with van der Waals surface area (Å²) in [5.41, 5.74) is 4.86. The maximum Gasteiger partial charge on any atom is 0.120 e. The Morgan fingerprint density at radius 2 is 1.43 bits per heavy atom. The number of unbranched alkanes of at least 4 members (excludes halogenated alkanes) is 1. The van der Waals surface area contributed by atoms with E-state index >= 15 is 0 Å². The Bertz CT molecular complexity index is 1090. The molecule has 0 radical (unpaired) electrons. The molecule has 4 aromatic rings. The van der Waals surface area contributed by atoms with Gasteiger partial charge in [0.05, 0.1) is 6.61 Å². The number of hydrogen-bond donors (Lipinski definition) is 1. The summed E-state index contributed by atoms with van der Waals surface area (Å²) in [7, 11) is 0. The summed E-state index contributed by atoms with van der Waals surface area (Å²) >= 11 is 0. The van der Waals surface area contributed by atoms with Crippen molar-refractivity contribution in [3.63, 3.8) is 0 Å². The Morgan fingerprint density at radius 3 is 2.27 bits per heavy atom. The van der Waals surface area contributed by atoms with Gasteiger partial charge in [-0.1, -0.05) is 72.8 Å². The SMILES string of the molecule is NOCCCCc1ccc(-c2cccc(OCc3ccc4ccccc4c3)c2)cc1. The van der Waals surface area contributed by atoms with Crippen LogP contribution in [0, 0.1) is 0 Å². The molecule has 0 heterocycles. The Morgan fingerprint density at radius 1 is 0.633 bits per heavy atom. The van der Waals surface area contributed by atoms with Crippen LogP contribution in [0.1, 0.15) is 24.0 Å². The maximum atomic E-state index is 6.08. The van der Waals surface area contributed by atoms with E-state index in [0.717, 1.165) is 30.6 Å². The zero-order chi connectivity index (χ0) is 20.6. The quantitative estimate of drug-likeness (QED) is 0.266. The number of hydrogen-bond acceptors (Lipinski definition) is 3. The van der Waals surface area contributed by atoms with Crippen LogP contribution in [0.15, 0.2) is 91.0 Å². The molecule has 3 heteroatoms. The fourth-order valence-electron chi connectivity index (χ4n) is 3.64. The second kappa shape index (κ2) is 10.1. The number of benzene rings is 4. The largest absolute Gasteiger partial charge is 0.489 e. The van der Waals surface area contributed by atoms with Crippen LogP contribution in [0.5, 0.6) is 5.75 Å². The van der Waals surface area contributed by atoms with Crippen LogP contribution >= 0.6 is 0 Å². The Kier molecular flexibility index (Phi) is 6.75. The summed E-state index contributed by atoms with van der Waals surface area (Å²) in [5, 5.41) is 2.49. The van der Waals surface area contributed by atoms with E-state index in [1.165, 1.54) is 27.5 Å². The highest BCUT2D eigenvalue weighted by molar-refractivity contribution is 5.82. The first kappa shape index (κ1) is 20.1. The van der Waals surface area contributed by atoms with Crippen molar-refractivity contribution < 1.29 is 9.57 Å². The molecule has 2 N–H and O–H groups in total. The molecule has 4 aromatic carbocycles. The Labute approximate surface area is 178 Å². The minimum Gasteiger partial charge on any atom is -0.489 e. The number of rotatable bonds is 9. The van der Waals surface area contributed by atoms with E-state index in [1.807, 2.05) is 12.1 Å². The highest BCUT2D eigenvalue weighted by Gasteiger charge is 2.03. The van der Waals surface area contributed by atoms with Gasteiger partial charge in [-0.05, 0) is 70.5 Å². The van der Waals surface area contributed by atoms with Crippen LogP contribution in [0.25, 0.3) is 21.9 Å². The van der Waals surface area contributed by atoms with Crippen molar-refractivity contribution >= 4 is 10.8 Å². The standard InChI is InChI=1S/C27H27NO2/c28-30-17-4-3-6-21-11-14-24(15-12-21)26-9-5-10-27(19-26)29-20-22-13-16-23-7-1-2-8-25(23)18-22/h1-2,5,7-16,18-19H,3-4,6,17,20,28H2. The molecular weight excluding hydrogens is 370 g/mol. The third kappa shape index (κ3) is 5.26. The van der Waals surface area contributed by atoms with E-state index < -0.39 is 0 Å². The lowest BCUT2D eigenvalue weighted by Crippen LogP contribution is -2.00. The molecule has 0 aliphatic heterocycles. The monoisotopic (exact) mass is 397 g/mol. The average molecular weight is 398 g/mol. The third-order valence-corrected chi connectivity index (χ3v) is 5.32. The minimum absolute atomic E-state index is 0.555.